The first-order chi connectivity index (χ1) is 12.7. The van der Waals surface area contributed by atoms with Gasteiger partial charge in [-0.15, -0.1) is 11.3 Å². The summed E-state index contributed by atoms with van der Waals surface area (Å²) in [5.74, 6) is 1.78. The molecule has 1 aromatic carbocycles. The van der Waals surface area contributed by atoms with Crippen LogP contribution in [0.5, 0.6) is 5.75 Å². The average Bonchev–Trinajstić information content (AvgIpc) is 3.22. The van der Waals surface area contributed by atoms with Crippen molar-refractivity contribution in [2.75, 3.05) is 38.7 Å². The lowest BCUT2D eigenvalue weighted by Crippen LogP contribution is -2.42. The van der Waals surface area contributed by atoms with Gasteiger partial charge in [-0.1, -0.05) is 12.1 Å². The van der Waals surface area contributed by atoms with E-state index in [1.54, 1.807) is 18.2 Å². The molecule has 0 bridgehead atoms. The number of amides is 1. The Morgan fingerprint density at radius 2 is 2.04 bits per heavy atom. The van der Waals surface area contributed by atoms with Crippen molar-refractivity contribution in [3.05, 3.63) is 41.4 Å². The van der Waals surface area contributed by atoms with Crippen molar-refractivity contribution in [1.82, 2.24) is 9.88 Å². The Hall–Kier alpha value is -1.92. The number of aromatic nitrogens is 1. The van der Waals surface area contributed by atoms with Crippen molar-refractivity contribution in [3.8, 4) is 5.75 Å². The highest BCUT2D eigenvalue weighted by Gasteiger charge is 2.22. The number of carbonyl (C=O) groups excluding carboxylic acids is 1. The maximum absolute atomic E-state index is 12.4. The number of thiazole rings is 1. The minimum absolute atomic E-state index is 0.122. The first-order valence-electron chi connectivity index (χ1n) is 9.17. The van der Waals surface area contributed by atoms with Gasteiger partial charge in [-0.25, -0.2) is 4.98 Å². The van der Waals surface area contributed by atoms with Gasteiger partial charge in [0.15, 0.2) is 5.13 Å². The molecule has 2 heterocycles. The molecule has 2 aromatic rings. The van der Waals surface area contributed by atoms with Crippen LogP contribution in [0.3, 0.4) is 0 Å². The van der Waals surface area contributed by atoms with Crippen molar-refractivity contribution in [1.29, 1.82) is 0 Å². The Morgan fingerprint density at radius 3 is 2.65 bits per heavy atom. The van der Waals surface area contributed by atoms with Gasteiger partial charge < -0.3 is 4.74 Å². The van der Waals surface area contributed by atoms with E-state index in [9.17, 15) is 4.79 Å². The van der Waals surface area contributed by atoms with E-state index in [4.69, 9.17) is 4.74 Å². The zero-order chi connectivity index (χ0) is 18.4. The summed E-state index contributed by atoms with van der Waals surface area (Å²) in [5, 5.41) is 2.66. The molecule has 1 amide bonds. The molecule has 0 radical (unpaired) electrons. The zero-order valence-electron chi connectivity index (χ0n) is 15.6. The number of hydrogen-bond donors (Lipinski definition) is 0. The fourth-order valence-electron chi connectivity index (χ4n) is 3.38. The van der Waals surface area contributed by atoms with Crippen LogP contribution in [0, 0.1) is 5.92 Å². The maximum Gasteiger partial charge on any atom is 0.242 e. The zero-order valence-corrected chi connectivity index (χ0v) is 16.4. The van der Waals surface area contributed by atoms with Crippen LogP contribution >= 0.6 is 11.3 Å². The van der Waals surface area contributed by atoms with Gasteiger partial charge in [0.05, 0.1) is 13.7 Å². The second-order valence-electron chi connectivity index (χ2n) is 6.87. The predicted molar refractivity (Wildman–Crippen MR) is 106 cm³/mol. The van der Waals surface area contributed by atoms with Gasteiger partial charge in [0.2, 0.25) is 5.91 Å². The first-order valence-corrected chi connectivity index (χ1v) is 10.0. The SMILES string of the molecule is COc1ccc(CCC2CCN(CC(=O)N(C)c3nccs3)CC2)cc1. The maximum atomic E-state index is 12.4. The highest BCUT2D eigenvalue weighted by Crippen LogP contribution is 2.23. The molecule has 0 unspecified atom stereocenters. The van der Waals surface area contributed by atoms with Crippen LogP contribution in [-0.2, 0) is 11.2 Å². The van der Waals surface area contributed by atoms with Gasteiger partial charge in [-0.3, -0.25) is 14.6 Å². The van der Waals surface area contributed by atoms with Crippen molar-refractivity contribution in [2.24, 2.45) is 5.92 Å². The number of carbonyl (C=O) groups is 1. The number of hydrogen-bond acceptors (Lipinski definition) is 5. The monoisotopic (exact) mass is 373 g/mol. The lowest BCUT2D eigenvalue weighted by molar-refractivity contribution is -0.119. The molecule has 0 spiro atoms. The summed E-state index contributed by atoms with van der Waals surface area (Å²) in [6.07, 6.45) is 6.40. The summed E-state index contributed by atoms with van der Waals surface area (Å²) >= 11 is 1.50. The van der Waals surface area contributed by atoms with Crippen LogP contribution < -0.4 is 9.64 Å². The third-order valence-corrected chi connectivity index (χ3v) is 5.99. The van der Waals surface area contributed by atoms with Crippen LogP contribution in [0.15, 0.2) is 35.8 Å². The van der Waals surface area contributed by atoms with Gasteiger partial charge >= 0.3 is 0 Å². The molecule has 1 fully saturated rings. The minimum atomic E-state index is 0.122. The highest BCUT2D eigenvalue weighted by molar-refractivity contribution is 7.13. The van der Waals surface area contributed by atoms with Crippen molar-refractivity contribution in [3.63, 3.8) is 0 Å². The molecule has 1 aliphatic heterocycles. The van der Waals surface area contributed by atoms with E-state index >= 15 is 0 Å². The third-order valence-electron chi connectivity index (χ3n) is 5.15. The Balaban J connectivity index is 1.39. The van der Waals surface area contributed by atoms with Crippen LogP contribution in [0.4, 0.5) is 5.13 Å². The standard InChI is InChI=1S/C20H27N3O2S/c1-22(20-21-11-14-26-20)19(24)15-23-12-9-17(10-13-23)4-3-16-5-7-18(25-2)8-6-16/h5-8,11,14,17H,3-4,9-10,12-13,15H2,1-2H3. The molecule has 0 N–H and O–H groups in total. The van der Waals surface area contributed by atoms with Crippen LogP contribution in [0.25, 0.3) is 0 Å². The number of benzene rings is 1. The van der Waals surface area contributed by atoms with E-state index in [-0.39, 0.29) is 5.91 Å². The van der Waals surface area contributed by atoms with Gasteiger partial charge in [0, 0.05) is 18.6 Å². The number of likely N-dealkylation sites (tertiary alicyclic amines) is 1. The first kappa shape index (κ1) is 18.9. The van der Waals surface area contributed by atoms with Crippen molar-refractivity contribution in [2.45, 2.75) is 25.7 Å². The highest BCUT2D eigenvalue weighted by atomic mass is 32.1. The molecule has 140 valence electrons. The number of piperidine rings is 1. The second kappa shape index (κ2) is 9.14. The van der Waals surface area contributed by atoms with Gasteiger partial charge in [-0.05, 0) is 62.4 Å². The molecule has 1 aromatic heterocycles. The predicted octanol–water partition coefficient (Wildman–Crippen LogP) is 3.46. The molecular formula is C20H27N3O2S. The second-order valence-corrected chi connectivity index (χ2v) is 7.75. The van der Waals surface area contributed by atoms with Crippen LogP contribution in [0.1, 0.15) is 24.8 Å². The molecule has 1 saturated heterocycles. The topological polar surface area (TPSA) is 45.7 Å². The van der Waals surface area contributed by atoms with E-state index < -0.39 is 0 Å². The summed E-state index contributed by atoms with van der Waals surface area (Å²) in [5.41, 5.74) is 1.37. The molecular weight excluding hydrogens is 346 g/mol. The summed E-state index contributed by atoms with van der Waals surface area (Å²) in [6.45, 7) is 2.50. The largest absolute Gasteiger partial charge is 0.497 e. The van der Waals surface area contributed by atoms with E-state index in [1.165, 1.54) is 36.2 Å². The van der Waals surface area contributed by atoms with Crippen LogP contribution in [0.2, 0.25) is 0 Å². The number of anilines is 1. The Bertz CT molecular complexity index is 680. The number of aryl methyl sites for hydroxylation is 1. The van der Waals surface area contributed by atoms with Crippen LogP contribution in [-0.4, -0.2) is 49.6 Å². The lowest BCUT2D eigenvalue weighted by Gasteiger charge is -2.32. The molecule has 6 heteroatoms. The Kier molecular flexibility index (Phi) is 6.63. The third kappa shape index (κ3) is 5.05. The number of nitrogens with zero attached hydrogens (tertiary/aromatic N) is 3. The van der Waals surface area contributed by atoms with Gasteiger partial charge in [0.25, 0.3) is 0 Å². The molecule has 0 saturated carbocycles. The van der Waals surface area contributed by atoms with E-state index in [2.05, 4.69) is 22.0 Å². The summed E-state index contributed by atoms with van der Waals surface area (Å²) in [7, 11) is 3.50. The Labute approximate surface area is 159 Å². The summed E-state index contributed by atoms with van der Waals surface area (Å²) in [4.78, 5) is 20.5. The average molecular weight is 374 g/mol. The van der Waals surface area contributed by atoms with Gasteiger partial charge in [-0.2, -0.15) is 0 Å². The summed E-state index contributed by atoms with van der Waals surface area (Å²) in [6, 6.07) is 8.37. The molecule has 5 nitrogen and oxygen atoms in total. The fourth-order valence-corrected chi connectivity index (χ4v) is 4.01. The number of methoxy groups -OCH3 is 1. The molecule has 0 atom stereocenters. The smallest absolute Gasteiger partial charge is 0.242 e. The molecule has 3 rings (SSSR count). The van der Waals surface area contributed by atoms with Crippen molar-refractivity contribution >= 4 is 22.4 Å². The normalized spacial score (nSPS) is 15.8. The summed E-state index contributed by atoms with van der Waals surface area (Å²) < 4.78 is 5.21. The number of likely N-dealkylation sites (N-methyl/N-ethyl adjacent to an activating group) is 1. The quantitative estimate of drug-likeness (QED) is 0.746. The Morgan fingerprint density at radius 1 is 1.31 bits per heavy atom. The number of ether oxygens (including phenoxy) is 1. The molecule has 26 heavy (non-hydrogen) atoms. The minimum Gasteiger partial charge on any atom is -0.497 e. The van der Waals surface area contributed by atoms with E-state index in [1.807, 2.05) is 24.6 Å². The number of rotatable bonds is 7. The molecule has 1 aliphatic rings. The fraction of sp³-hybridized carbons (Fsp3) is 0.500. The lowest BCUT2D eigenvalue weighted by atomic mass is 9.90. The van der Waals surface area contributed by atoms with Crippen molar-refractivity contribution < 1.29 is 9.53 Å². The van der Waals surface area contributed by atoms with E-state index in [0.29, 0.717) is 6.54 Å². The molecule has 0 aliphatic carbocycles. The van der Waals surface area contributed by atoms with E-state index in [0.717, 1.165) is 36.3 Å². The van der Waals surface area contributed by atoms with Gasteiger partial charge in [0.1, 0.15) is 5.75 Å².